The molecule has 1 fully saturated rings. The van der Waals surface area contributed by atoms with Crippen molar-refractivity contribution in [1.82, 2.24) is 5.32 Å². The van der Waals surface area contributed by atoms with E-state index in [4.69, 9.17) is 14.8 Å². The van der Waals surface area contributed by atoms with Gasteiger partial charge in [-0.3, -0.25) is 13.9 Å². The molecule has 33 heavy (non-hydrogen) atoms. The third-order valence-electron chi connectivity index (χ3n) is 4.69. The average molecular weight is 503 g/mol. The Morgan fingerprint density at radius 3 is 1.58 bits per heavy atom. The van der Waals surface area contributed by atoms with E-state index in [1.807, 2.05) is 13.8 Å². The summed E-state index contributed by atoms with van der Waals surface area (Å²) in [6.45, 7) is 5.32. The molecule has 0 amide bonds. The van der Waals surface area contributed by atoms with Crippen LogP contribution in [0.3, 0.4) is 0 Å². The molecule has 3 rings (SSSR count). The van der Waals surface area contributed by atoms with Gasteiger partial charge < -0.3 is 15.8 Å². The highest BCUT2D eigenvalue weighted by molar-refractivity contribution is 7.86. The predicted molar refractivity (Wildman–Crippen MR) is 123 cm³/mol. The van der Waals surface area contributed by atoms with Crippen LogP contribution < -0.4 is 11.1 Å². The number of ether oxygens (including phenoxy) is 1. The summed E-state index contributed by atoms with van der Waals surface area (Å²) in [6, 6.07) is 12.1. The van der Waals surface area contributed by atoms with Gasteiger partial charge in [-0.15, -0.1) is 0 Å². The Morgan fingerprint density at radius 2 is 1.30 bits per heavy atom. The number of carbonyl (C=O) groups is 1. The van der Waals surface area contributed by atoms with Gasteiger partial charge in [0.1, 0.15) is 0 Å². The summed E-state index contributed by atoms with van der Waals surface area (Å²) in [6.07, 6.45) is 0.435. The minimum atomic E-state index is -4.02. The first kappa shape index (κ1) is 28.7. The third kappa shape index (κ3) is 10.9. The molecule has 0 aromatic heterocycles. The number of benzene rings is 2. The van der Waals surface area contributed by atoms with Crippen molar-refractivity contribution in [3.8, 4) is 0 Å². The molecule has 2 aromatic carbocycles. The van der Waals surface area contributed by atoms with E-state index in [1.54, 1.807) is 24.3 Å². The van der Waals surface area contributed by atoms with Gasteiger partial charge in [0.25, 0.3) is 20.2 Å². The molecule has 184 valence electrons. The largest absolute Gasteiger partial charge is 0.469 e. The number of hydrogen-bond acceptors (Lipinski definition) is 8. The Labute approximate surface area is 194 Å². The first-order chi connectivity index (χ1) is 15.2. The van der Waals surface area contributed by atoms with Crippen molar-refractivity contribution in [3.63, 3.8) is 0 Å². The van der Waals surface area contributed by atoms with E-state index in [2.05, 4.69) is 10.1 Å². The van der Waals surface area contributed by atoms with Crippen molar-refractivity contribution in [1.29, 1.82) is 0 Å². The van der Waals surface area contributed by atoms with Crippen LogP contribution in [0.4, 0.5) is 0 Å². The van der Waals surface area contributed by atoms with E-state index in [9.17, 15) is 21.6 Å². The van der Waals surface area contributed by atoms with Gasteiger partial charge in [0, 0.05) is 19.1 Å². The molecule has 1 saturated heterocycles. The molecule has 0 bridgehead atoms. The van der Waals surface area contributed by atoms with E-state index in [0.29, 0.717) is 6.42 Å². The number of hydrogen-bond donors (Lipinski definition) is 4. The van der Waals surface area contributed by atoms with Crippen LogP contribution in [0.5, 0.6) is 0 Å². The molecule has 2 atom stereocenters. The van der Waals surface area contributed by atoms with Gasteiger partial charge in [-0.25, -0.2) is 0 Å². The van der Waals surface area contributed by atoms with Crippen molar-refractivity contribution >= 4 is 26.2 Å². The predicted octanol–water partition coefficient (Wildman–Crippen LogP) is 1.58. The van der Waals surface area contributed by atoms with E-state index in [1.165, 1.54) is 31.4 Å². The number of nitrogens with two attached hydrogens (primary N) is 1. The number of carbonyl (C=O) groups excluding carboxylic acids is 1. The van der Waals surface area contributed by atoms with Crippen molar-refractivity contribution in [2.24, 2.45) is 11.7 Å². The van der Waals surface area contributed by atoms with Gasteiger partial charge in [-0.1, -0.05) is 35.4 Å². The van der Waals surface area contributed by atoms with Crippen LogP contribution in [-0.2, 0) is 29.8 Å². The lowest BCUT2D eigenvalue weighted by Gasteiger charge is -2.11. The number of nitrogens with one attached hydrogen (secondary N) is 1. The highest BCUT2D eigenvalue weighted by Gasteiger charge is 2.25. The van der Waals surface area contributed by atoms with E-state index in [-0.39, 0.29) is 27.7 Å². The molecule has 1 heterocycles. The Kier molecular flexibility index (Phi) is 11.1. The highest BCUT2D eigenvalue weighted by atomic mass is 32.2. The van der Waals surface area contributed by atoms with E-state index < -0.39 is 20.2 Å². The second kappa shape index (κ2) is 12.8. The normalized spacial score (nSPS) is 17.8. The summed E-state index contributed by atoms with van der Waals surface area (Å²) in [5.74, 6) is 0.0802. The summed E-state index contributed by atoms with van der Waals surface area (Å²) >= 11 is 0. The molecule has 0 spiro atoms. The van der Waals surface area contributed by atoms with Crippen molar-refractivity contribution in [2.45, 2.75) is 36.1 Å². The maximum atomic E-state index is 10.8. The van der Waals surface area contributed by atoms with Crippen molar-refractivity contribution in [3.05, 3.63) is 59.7 Å². The smallest absolute Gasteiger partial charge is 0.305 e. The quantitative estimate of drug-likeness (QED) is 0.355. The molecule has 2 aromatic rings. The van der Waals surface area contributed by atoms with Gasteiger partial charge in [0.05, 0.1) is 23.3 Å². The molecular weight excluding hydrogens is 472 g/mol. The van der Waals surface area contributed by atoms with Gasteiger partial charge in [0.15, 0.2) is 0 Å². The van der Waals surface area contributed by atoms with Crippen LogP contribution in [-0.4, -0.2) is 58.2 Å². The molecular formula is C21H30N2O8S2. The SMILES string of the molecule is COC(=O)C[C@H]1CNC[C@@H]1N.Cc1ccc(S(=O)(=O)O)cc1.Cc1ccc(S(=O)(=O)O)cc1. The lowest BCUT2D eigenvalue weighted by Crippen LogP contribution is -2.30. The van der Waals surface area contributed by atoms with Gasteiger partial charge in [0.2, 0.25) is 0 Å². The Hall–Kier alpha value is -2.35. The van der Waals surface area contributed by atoms with Crippen LogP contribution >= 0.6 is 0 Å². The summed E-state index contributed by atoms with van der Waals surface area (Å²) in [5, 5.41) is 3.12. The van der Waals surface area contributed by atoms with Gasteiger partial charge >= 0.3 is 5.97 Å². The molecule has 12 heteroatoms. The average Bonchev–Trinajstić information content (AvgIpc) is 3.12. The van der Waals surface area contributed by atoms with Crippen molar-refractivity contribution in [2.75, 3.05) is 20.2 Å². The lowest BCUT2D eigenvalue weighted by atomic mass is 10.0. The zero-order valence-electron chi connectivity index (χ0n) is 18.6. The number of aryl methyl sites for hydroxylation is 2. The first-order valence-corrected chi connectivity index (χ1v) is 12.7. The summed E-state index contributed by atoms with van der Waals surface area (Å²) in [4.78, 5) is 10.7. The second-order valence-corrected chi connectivity index (χ2v) is 10.3. The fourth-order valence-electron chi connectivity index (χ4n) is 2.69. The molecule has 10 nitrogen and oxygen atoms in total. The summed E-state index contributed by atoms with van der Waals surface area (Å²) < 4.78 is 63.6. The molecule has 0 radical (unpaired) electrons. The van der Waals surface area contributed by atoms with Crippen LogP contribution in [0.2, 0.25) is 0 Å². The second-order valence-electron chi connectivity index (χ2n) is 7.44. The molecule has 5 N–H and O–H groups in total. The van der Waals surface area contributed by atoms with E-state index in [0.717, 1.165) is 24.2 Å². The van der Waals surface area contributed by atoms with Crippen LogP contribution in [0.15, 0.2) is 58.3 Å². The third-order valence-corrected chi connectivity index (χ3v) is 6.42. The Morgan fingerprint density at radius 1 is 0.909 bits per heavy atom. The number of rotatable bonds is 4. The zero-order valence-corrected chi connectivity index (χ0v) is 20.3. The van der Waals surface area contributed by atoms with Crippen LogP contribution in [0, 0.1) is 19.8 Å². The maximum absolute atomic E-state index is 10.8. The molecule has 1 aliphatic rings. The fourth-order valence-corrected chi connectivity index (χ4v) is 3.65. The molecule has 0 saturated carbocycles. The maximum Gasteiger partial charge on any atom is 0.305 e. The topological polar surface area (TPSA) is 173 Å². The monoisotopic (exact) mass is 502 g/mol. The molecule has 0 unspecified atom stereocenters. The first-order valence-electron chi connectivity index (χ1n) is 9.85. The van der Waals surface area contributed by atoms with E-state index >= 15 is 0 Å². The van der Waals surface area contributed by atoms with Crippen LogP contribution in [0.25, 0.3) is 0 Å². The van der Waals surface area contributed by atoms with Gasteiger partial charge in [-0.05, 0) is 44.0 Å². The lowest BCUT2D eigenvalue weighted by molar-refractivity contribution is -0.141. The molecule has 0 aliphatic carbocycles. The van der Waals surface area contributed by atoms with Crippen LogP contribution in [0.1, 0.15) is 17.5 Å². The highest BCUT2D eigenvalue weighted by Crippen LogP contribution is 2.12. The Balaban J connectivity index is 0.000000247. The molecule has 1 aliphatic heterocycles. The fraction of sp³-hybridized carbons (Fsp3) is 0.381. The summed E-state index contributed by atoms with van der Waals surface area (Å²) in [7, 11) is -6.64. The van der Waals surface area contributed by atoms with Gasteiger partial charge in [-0.2, -0.15) is 16.8 Å². The standard InChI is InChI=1S/C7H14N2O2.2C7H8O3S/c1-11-7(10)2-5-3-9-4-6(5)8;2*1-6-2-4-7(5-3-6)11(8,9)10/h5-6,9H,2-4,8H2,1H3;2*2-5H,1H3,(H,8,9,10)/t5-,6-;;/m0../s1. The minimum absolute atomic E-state index is 0.0666. The Bertz CT molecular complexity index is 1030. The summed E-state index contributed by atoms with van der Waals surface area (Å²) in [5.41, 5.74) is 7.62. The minimum Gasteiger partial charge on any atom is -0.469 e. The number of esters is 1. The van der Waals surface area contributed by atoms with Crippen molar-refractivity contribution < 1.29 is 35.5 Å². The number of methoxy groups -OCH3 is 1. The zero-order chi connectivity index (χ0) is 25.2.